The second-order valence-electron chi connectivity index (χ2n) is 4.47. The highest BCUT2D eigenvalue weighted by atomic mass is 32.1. The lowest BCUT2D eigenvalue weighted by Gasteiger charge is -2.17. The van der Waals surface area contributed by atoms with E-state index in [1.807, 2.05) is 0 Å². The Hall–Kier alpha value is -0.380. The lowest BCUT2D eigenvalue weighted by Crippen LogP contribution is -2.31. The van der Waals surface area contributed by atoms with E-state index in [4.69, 9.17) is 4.74 Å². The number of nitrogens with one attached hydrogen (secondary N) is 1. The summed E-state index contributed by atoms with van der Waals surface area (Å²) in [5, 5.41) is 5.54. The van der Waals surface area contributed by atoms with E-state index in [9.17, 15) is 0 Å². The second-order valence-corrected chi connectivity index (χ2v) is 5.50. The summed E-state index contributed by atoms with van der Waals surface area (Å²) < 4.78 is 5.87. The van der Waals surface area contributed by atoms with Crippen LogP contribution in [-0.2, 0) is 11.3 Å². The molecule has 0 radical (unpaired) electrons. The number of rotatable bonds is 8. The van der Waals surface area contributed by atoms with E-state index in [1.165, 1.54) is 4.88 Å². The smallest absolute Gasteiger partial charge is 0.0813 e. The average molecular weight is 241 g/mol. The monoisotopic (exact) mass is 241 g/mol. The molecule has 2 nitrogen and oxygen atoms in total. The molecule has 92 valence electrons. The third-order valence-corrected chi connectivity index (χ3v) is 3.27. The third kappa shape index (κ3) is 5.64. The van der Waals surface area contributed by atoms with E-state index >= 15 is 0 Å². The Labute approximate surface area is 103 Å². The minimum atomic E-state index is 0.334. The molecule has 1 heterocycles. The molecule has 0 bridgehead atoms. The molecule has 0 aliphatic heterocycles. The summed E-state index contributed by atoms with van der Waals surface area (Å²) in [6.45, 7) is 9.40. The van der Waals surface area contributed by atoms with Gasteiger partial charge >= 0.3 is 0 Å². The summed E-state index contributed by atoms with van der Waals surface area (Å²) in [5.41, 5.74) is 0. The van der Waals surface area contributed by atoms with Crippen molar-refractivity contribution in [2.75, 3.05) is 13.1 Å². The van der Waals surface area contributed by atoms with Gasteiger partial charge < -0.3 is 10.1 Å². The summed E-state index contributed by atoms with van der Waals surface area (Å²) in [4.78, 5) is 1.31. The van der Waals surface area contributed by atoms with Gasteiger partial charge in [-0.25, -0.2) is 0 Å². The van der Waals surface area contributed by atoms with Gasteiger partial charge in [0.15, 0.2) is 0 Å². The van der Waals surface area contributed by atoms with Crippen molar-refractivity contribution >= 4 is 11.3 Å². The normalized spacial score (nSPS) is 13.2. The van der Waals surface area contributed by atoms with Crippen LogP contribution < -0.4 is 5.32 Å². The second kappa shape index (κ2) is 7.82. The lowest BCUT2D eigenvalue weighted by molar-refractivity contribution is 0.0396. The van der Waals surface area contributed by atoms with Gasteiger partial charge in [0, 0.05) is 11.4 Å². The predicted octanol–water partition coefficient (Wildman–Crippen LogP) is 3.29. The van der Waals surface area contributed by atoms with Crippen molar-refractivity contribution in [1.29, 1.82) is 0 Å². The first-order chi connectivity index (χ1) is 7.72. The van der Waals surface area contributed by atoms with Crippen LogP contribution in [0, 0.1) is 5.92 Å². The summed E-state index contributed by atoms with van der Waals surface area (Å²) in [6, 6.07) is 4.19. The van der Waals surface area contributed by atoms with Crippen LogP contribution in [0.25, 0.3) is 0 Å². The summed E-state index contributed by atoms with van der Waals surface area (Å²) in [7, 11) is 0. The van der Waals surface area contributed by atoms with E-state index in [0.29, 0.717) is 12.0 Å². The molecule has 0 saturated carbocycles. The highest BCUT2D eigenvalue weighted by Gasteiger charge is 2.07. The first-order valence-corrected chi connectivity index (χ1v) is 6.95. The molecule has 1 rings (SSSR count). The maximum atomic E-state index is 5.87. The highest BCUT2D eigenvalue weighted by molar-refractivity contribution is 7.09. The SMILES string of the molecule is CCC(CNCC(C)C)OCc1cccs1. The van der Waals surface area contributed by atoms with Gasteiger partial charge in [0.1, 0.15) is 0 Å². The van der Waals surface area contributed by atoms with Crippen LogP contribution in [-0.4, -0.2) is 19.2 Å². The molecule has 1 aromatic heterocycles. The van der Waals surface area contributed by atoms with Crippen molar-refractivity contribution in [3.8, 4) is 0 Å². The van der Waals surface area contributed by atoms with Gasteiger partial charge in [-0.05, 0) is 30.3 Å². The molecule has 0 fully saturated rings. The van der Waals surface area contributed by atoms with Crippen LogP contribution >= 0.6 is 11.3 Å². The molecule has 1 N–H and O–H groups in total. The fraction of sp³-hybridized carbons (Fsp3) is 0.692. The van der Waals surface area contributed by atoms with Gasteiger partial charge in [-0.2, -0.15) is 0 Å². The van der Waals surface area contributed by atoms with Crippen LogP contribution in [0.3, 0.4) is 0 Å². The Bertz CT molecular complexity index is 259. The van der Waals surface area contributed by atoms with Crippen molar-refractivity contribution in [3.63, 3.8) is 0 Å². The zero-order chi connectivity index (χ0) is 11.8. The van der Waals surface area contributed by atoms with E-state index in [0.717, 1.165) is 26.1 Å². The first-order valence-electron chi connectivity index (χ1n) is 6.07. The first kappa shape index (κ1) is 13.7. The zero-order valence-corrected chi connectivity index (χ0v) is 11.3. The standard InChI is InChI=1S/C13H23NOS/c1-4-12(9-14-8-11(2)3)15-10-13-6-5-7-16-13/h5-7,11-12,14H,4,8-10H2,1-3H3. The Morgan fingerprint density at radius 2 is 2.19 bits per heavy atom. The fourth-order valence-electron chi connectivity index (χ4n) is 1.45. The minimum Gasteiger partial charge on any atom is -0.371 e. The fourth-order valence-corrected chi connectivity index (χ4v) is 2.07. The maximum Gasteiger partial charge on any atom is 0.0813 e. The quantitative estimate of drug-likeness (QED) is 0.754. The predicted molar refractivity (Wildman–Crippen MR) is 70.9 cm³/mol. The molecule has 0 spiro atoms. The van der Waals surface area contributed by atoms with Crippen molar-refractivity contribution in [2.45, 2.75) is 39.9 Å². The number of hydrogen-bond acceptors (Lipinski definition) is 3. The van der Waals surface area contributed by atoms with Gasteiger partial charge in [-0.15, -0.1) is 11.3 Å². The maximum absolute atomic E-state index is 5.87. The molecule has 0 aromatic carbocycles. The van der Waals surface area contributed by atoms with Gasteiger partial charge in [0.2, 0.25) is 0 Å². The molecule has 0 aliphatic rings. The summed E-state index contributed by atoms with van der Waals surface area (Å²) >= 11 is 1.76. The van der Waals surface area contributed by atoms with Crippen molar-refractivity contribution in [3.05, 3.63) is 22.4 Å². The molecule has 1 aromatic rings. The van der Waals surface area contributed by atoms with Crippen molar-refractivity contribution in [1.82, 2.24) is 5.32 Å². The molecular weight excluding hydrogens is 218 g/mol. The molecule has 1 unspecified atom stereocenters. The van der Waals surface area contributed by atoms with Crippen molar-refractivity contribution in [2.24, 2.45) is 5.92 Å². The minimum absolute atomic E-state index is 0.334. The Morgan fingerprint density at radius 3 is 2.75 bits per heavy atom. The van der Waals surface area contributed by atoms with E-state index in [1.54, 1.807) is 11.3 Å². The van der Waals surface area contributed by atoms with Gasteiger partial charge in [-0.3, -0.25) is 0 Å². The van der Waals surface area contributed by atoms with E-state index in [2.05, 4.69) is 43.6 Å². The Kier molecular flexibility index (Phi) is 6.69. The van der Waals surface area contributed by atoms with Gasteiger partial charge in [0.05, 0.1) is 12.7 Å². The topological polar surface area (TPSA) is 21.3 Å². The average Bonchev–Trinajstić information content (AvgIpc) is 2.75. The van der Waals surface area contributed by atoms with E-state index in [-0.39, 0.29) is 0 Å². The Balaban J connectivity index is 2.16. The number of hydrogen-bond donors (Lipinski definition) is 1. The highest BCUT2D eigenvalue weighted by Crippen LogP contribution is 2.11. The number of ether oxygens (including phenoxy) is 1. The van der Waals surface area contributed by atoms with Crippen LogP contribution in [0.2, 0.25) is 0 Å². The van der Waals surface area contributed by atoms with Crippen LogP contribution in [0.4, 0.5) is 0 Å². The zero-order valence-electron chi connectivity index (χ0n) is 10.5. The summed E-state index contributed by atoms with van der Waals surface area (Å²) in [5.74, 6) is 0.704. The van der Waals surface area contributed by atoms with Gasteiger partial charge in [-0.1, -0.05) is 26.8 Å². The molecule has 0 aliphatic carbocycles. The van der Waals surface area contributed by atoms with E-state index < -0.39 is 0 Å². The molecular formula is C13H23NOS. The lowest BCUT2D eigenvalue weighted by atomic mass is 10.2. The molecule has 0 amide bonds. The molecule has 16 heavy (non-hydrogen) atoms. The van der Waals surface area contributed by atoms with Gasteiger partial charge in [0.25, 0.3) is 0 Å². The molecule has 0 saturated heterocycles. The third-order valence-electron chi connectivity index (χ3n) is 2.42. The number of thiophene rings is 1. The van der Waals surface area contributed by atoms with Crippen LogP contribution in [0.1, 0.15) is 32.1 Å². The molecule has 3 heteroatoms. The van der Waals surface area contributed by atoms with Crippen LogP contribution in [0.15, 0.2) is 17.5 Å². The summed E-state index contributed by atoms with van der Waals surface area (Å²) in [6.07, 6.45) is 1.40. The van der Waals surface area contributed by atoms with Crippen molar-refractivity contribution < 1.29 is 4.74 Å². The Morgan fingerprint density at radius 1 is 1.38 bits per heavy atom. The molecule has 1 atom stereocenters. The van der Waals surface area contributed by atoms with Crippen LogP contribution in [0.5, 0.6) is 0 Å². The largest absolute Gasteiger partial charge is 0.371 e.